The average molecular weight is 446 g/mol. The smallest absolute Gasteiger partial charge is 0.308 e. The van der Waals surface area contributed by atoms with Crippen molar-refractivity contribution in [3.8, 4) is 0 Å². The third-order valence-electron chi connectivity index (χ3n) is 3.74. The Morgan fingerprint density at radius 1 is 0.750 bits per heavy atom. The highest BCUT2D eigenvalue weighted by Crippen LogP contribution is 2.74. The van der Waals surface area contributed by atoms with Crippen molar-refractivity contribution in [1.82, 2.24) is 0 Å². The van der Waals surface area contributed by atoms with Crippen LogP contribution in [0, 0.1) is 0 Å². The van der Waals surface area contributed by atoms with Gasteiger partial charge in [0.1, 0.15) is 0 Å². The van der Waals surface area contributed by atoms with Gasteiger partial charge in [0.05, 0.1) is 26.4 Å². The van der Waals surface area contributed by atoms with E-state index in [9.17, 15) is 9.13 Å². The van der Waals surface area contributed by atoms with Crippen LogP contribution in [0.4, 0.5) is 0 Å². The molecule has 0 radical (unpaired) electrons. The van der Waals surface area contributed by atoms with Gasteiger partial charge < -0.3 is 18.1 Å². The second-order valence-electron chi connectivity index (χ2n) is 5.70. The van der Waals surface area contributed by atoms with E-state index in [0.29, 0.717) is 0 Å². The van der Waals surface area contributed by atoms with Crippen molar-refractivity contribution in [2.75, 3.05) is 26.4 Å². The van der Waals surface area contributed by atoms with Crippen LogP contribution in [0.15, 0.2) is 47.4 Å². The molecule has 0 atom stereocenters. The SMILES string of the molecule is CCOP(=O)(OCC)C(Sc1ccc2ccccc2c1)P(=O)(OCC)OCC. The number of thioether (sulfide) groups is 1. The highest BCUT2D eigenvalue weighted by molar-refractivity contribution is 8.12. The van der Waals surface area contributed by atoms with Gasteiger partial charge in [-0.2, -0.15) is 0 Å². The summed E-state index contributed by atoms with van der Waals surface area (Å²) in [4.78, 5) is 0.781. The van der Waals surface area contributed by atoms with Gasteiger partial charge in [-0.25, -0.2) is 0 Å². The quantitative estimate of drug-likeness (QED) is 0.264. The predicted molar refractivity (Wildman–Crippen MR) is 115 cm³/mol. The molecule has 6 nitrogen and oxygen atoms in total. The van der Waals surface area contributed by atoms with Crippen LogP contribution in [-0.4, -0.2) is 31.2 Å². The molecule has 0 saturated carbocycles. The second kappa shape index (κ2) is 10.9. The van der Waals surface area contributed by atoms with Gasteiger partial charge in [0.2, 0.25) is 4.73 Å². The summed E-state index contributed by atoms with van der Waals surface area (Å²) >= 11 is 1.15. The molecule has 0 heterocycles. The van der Waals surface area contributed by atoms with E-state index in [0.717, 1.165) is 27.4 Å². The first kappa shape index (κ1) is 23.6. The first-order valence-corrected chi connectivity index (χ1v) is 13.5. The zero-order chi connectivity index (χ0) is 20.6. The minimum Gasteiger partial charge on any atom is -0.308 e. The maximum Gasteiger partial charge on any atom is 0.356 e. The molecule has 2 aromatic carbocycles. The van der Waals surface area contributed by atoms with Gasteiger partial charge in [0.25, 0.3) is 0 Å². The first-order valence-electron chi connectivity index (χ1n) is 9.35. The molecular formula is C19H28O6P2S. The molecule has 0 saturated heterocycles. The van der Waals surface area contributed by atoms with Gasteiger partial charge in [0.15, 0.2) is 0 Å². The molecule has 28 heavy (non-hydrogen) atoms. The summed E-state index contributed by atoms with van der Waals surface area (Å²) in [6, 6.07) is 13.7. The Morgan fingerprint density at radius 2 is 1.21 bits per heavy atom. The fourth-order valence-electron chi connectivity index (χ4n) is 2.71. The first-order chi connectivity index (χ1) is 13.4. The number of benzene rings is 2. The molecular weight excluding hydrogens is 418 g/mol. The van der Waals surface area contributed by atoms with E-state index >= 15 is 0 Å². The number of rotatable bonds is 12. The molecule has 9 heteroatoms. The summed E-state index contributed by atoms with van der Waals surface area (Å²) < 4.78 is 48.1. The number of hydrogen-bond donors (Lipinski definition) is 0. The summed E-state index contributed by atoms with van der Waals surface area (Å²) in [5.74, 6) is 0. The summed E-state index contributed by atoms with van der Waals surface area (Å²) in [5.41, 5.74) is 0. The maximum absolute atomic E-state index is 13.6. The summed E-state index contributed by atoms with van der Waals surface area (Å²) in [6.45, 7) is 7.50. The van der Waals surface area contributed by atoms with E-state index in [2.05, 4.69) is 0 Å². The van der Waals surface area contributed by atoms with Crippen LogP contribution < -0.4 is 0 Å². The Morgan fingerprint density at radius 3 is 1.68 bits per heavy atom. The monoisotopic (exact) mass is 446 g/mol. The summed E-state index contributed by atoms with van der Waals surface area (Å²) in [7, 11) is -7.57. The second-order valence-corrected chi connectivity index (χ2v) is 12.2. The van der Waals surface area contributed by atoms with E-state index in [-0.39, 0.29) is 26.4 Å². The molecule has 0 fully saturated rings. The number of fused-ring (bicyclic) bond motifs is 1. The average Bonchev–Trinajstić information content (AvgIpc) is 2.66. The van der Waals surface area contributed by atoms with E-state index in [4.69, 9.17) is 18.1 Å². The van der Waals surface area contributed by atoms with Gasteiger partial charge >= 0.3 is 15.2 Å². The zero-order valence-corrected chi connectivity index (χ0v) is 19.3. The lowest BCUT2D eigenvalue weighted by Crippen LogP contribution is -2.15. The molecule has 2 rings (SSSR count). The van der Waals surface area contributed by atoms with Gasteiger partial charge in [-0.1, -0.05) is 42.1 Å². The third-order valence-corrected chi connectivity index (χ3v) is 11.9. The van der Waals surface area contributed by atoms with Crippen molar-refractivity contribution in [1.29, 1.82) is 0 Å². The maximum atomic E-state index is 13.6. The molecule has 156 valence electrons. The van der Waals surface area contributed by atoms with Crippen LogP contribution in [0.5, 0.6) is 0 Å². The van der Waals surface area contributed by atoms with Gasteiger partial charge in [0, 0.05) is 4.90 Å². The zero-order valence-electron chi connectivity index (χ0n) is 16.7. The van der Waals surface area contributed by atoms with Crippen molar-refractivity contribution >= 4 is 37.7 Å². The minimum absolute atomic E-state index is 0.157. The molecule has 0 bridgehead atoms. The fraction of sp³-hybridized carbons (Fsp3) is 0.474. The lowest BCUT2D eigenvalue weighted by molar-refractivity contribution is 0.203. The highest BCUT2D eigenvalue weighted by atomic mass is 32.2. The summed E-state index contributed by atoms with van der Waals surface area (Å²) in [6.07, 6.45) is 0. The lowest BCUT2D eigenvalue weighted by Gasteiger charge is -2.30. The third kappa shape index (κ3) is 5.70. The normalized spacial score (nSPS) is 12.8. The van der Waals surface area contributed by atoms with Crippen LogP contribution in [0.1, 0.15) is 27.7 Å². The molecule has 0 unspecified atom stereocenters. The van der Waals surface area contributed by atoms with Crippen LogP contribution in [-0.2, 0) is 27.2 Å². The van der Waals surface area contributed by atoms with Crippen LogP contribution >= 0.6 is 27.0 Å². The van der Waals surface area contributed by atoms with E-state index in [1.165, 1.54) is 0 Å². The molecule has 0 aliphatic heterocycles. The van der Waals surface area contributed by atoms with E-state index in [1.807, 2.05) is 42.5 Å². The Labute approximate surface area is 171 Å². The van der Waals surface area contributed by atoms with Crippen molar-refractivity contribution in [3.05, 3.63) is 42.5 Å². The van der Waals surface area contributed by atoms with Crippen molar-refractivity contribution in [2.45, 2.75) is 37.3 Å². The lowest BCUT2D eigenvalue weighted by atomic mass is 10.1. The van der Waals surface area contributed by atoms with Crippen LogP contribution in [0.3, 0.4) is 0 Å². The van der Waals surface area contributed by atoms with E-state index < -0.39 is 19.9 Å². The molecule has 2 aromatic rings. The molecule has 0 amide bonds. The van der Waals surface area contributed by atoms with Crippen LogP contribution in [0.25, 0.3) is 10.8 Å². The fourth-order valence-corrected chi connectivity index (χ4v) is 10.1. The molecule has 0 N–H and O–H groups in total. The van der Waals surface area contributed by atoms with Gasteiger partial charge in [-0.05, 0) is 50.6 Å². The Kier molecular flexibility index (Phi) is 9.23. The molecule has 0 spiro atoms. The topological polar surface area (TPSA) is 71.1 Å². The van der Waals surface area contributed by atoms with Crippen molar-refractivity contribution < 1.29 is 27.2 Å². The number of hydrogen-bond acceptors (Lipinski definition) is 7. The Hall–Kier alpha value is -0.650. The standard InChI is InChI=1S/C19H28O6P2S/c1-5-22-26(20,23-6-2)19(27(21,24-7-3)25-8-4)28-18-14-13-16-11-9-10-12-17(16)15-18/h9-15,19H,5-8H2,1-4H3. The van der Waals surface area contributed by atoms with E-state index in [1.54, 1.807) is 27.7 Å². The molecule has 0 aromatic heterocycles. The minimum atomic E-state index is -3.79. The Balaban J connectivity index is 2.51. The predicted octanol–water partition coefficient (Wildman–Crippen LogP) is 6.75. The largest absolute Gasteiger partial charge is 0.356 e. The van der Waals surface area contributed by atoms with Gasteiger partial charge in [-0.15, -0.1) is 0 Å². The summed E-state index contributed by atoms with van der Waals surface area (Å²) in [5, 5.41) is 2.11. The van der Waals surface area contributed by atoms with Crippen molar-refractivity contribution in [2.24, 2.45) is 0 Å². The Bertz CT molecular complexity index is 809. The van der Waals surface area contributed by atoms with Gasteiger partial charge in [-0.3, -0.25) is 9.13 Å². The molecule has 0 aliphatic carbocycles. The highest BCUT2D eigenvalue weighted by Gasteiger charge is 2.51. The van der Waals surface area contributed by atoms with Crippen molar-refractivity contribution in [3.63, 3.8) is 0 Å². The molecule has 0 aliphatic rings. The van der Waals surface area contributed by atoms with Crippen LogP contribution in [0.2, 0.25) is 0 Å².